The third kappa shape index (κ3) is 2.86. The van der Waals surface area contributed by atoms with E-state index in [4.69, 9.17) is 11.6 Å². The van der Waals surface area contributed by atoms with Crippen molar-refractivity contribution >= 4 is 23.2 Å². The van der Waals surface area contributed by atoms with E-state index in [1.807, 2.05) is 6.92 Å². The Morgan fingerprint density at radius 3 is 2.60 bits per heavy atom. The third-order valence-electron chi connectivity index (χ3n) is 1.91. The molecule has 0 saturated carbocycles. The minimum atomic E-state index is -0.612. The lowest BCUT2D eigenvalue weighted by atomic mass is 10.0. The standard InChI is InChI=1S/C11H10ClFO2/c1-2-3-10(14)11(15)7-4-5-9(13)8(12)6-7/h4-6H,2-3H2,1H3. The molecule has 0 aliphatic rings. The van der Waals surface area contributed by atoms with Crippen LogP contribution in [0, 0.1) is 5.82 Å². The molecule has 0 bridgehead atoms. The van der Waals surface area contributed by atoms with Crippen molar-refractivity contribution in [2.45, 2.75) is 19.8 Å². The molecule has 4 heteroatoms. The van der Waals surface area contributed by atoms with Crippen molar-refractivity contribution in [1.82, 2.24) is 0 Å². The molecule has 0 aromatic heterocycles. The smallest absolute Gasteiger partial charge is 0.228 e. The van der Waals surface area contributed by atoms with Crippen LogP contribution in [0.3, 0.4) is 0 Å². The van der Waals surface area contributed by atoms with Gasteiger partial charge in [-0.25, -0.2) is 4.39 Å². The molecular formula is C11H10ClFO2. The normalized spacial score (nSPS) is 10.1. The Morgan fingerprint density at radius 1 is 1.40 bits per heavy atom. The lowest BCUT2D eigenvalue weighted by Crippen LogP contribution is -2.13. The second-order valence-corrected chi connectivity index (χ2v) is 3.54. The molecule has 0 fully saturated rings. The number of carbonyl (C=O) groups excluding carboxylic acids is 2. The van der Waals surface area contributed by atoms with E-state index in [-0.39, 0.29) is 17.0 Å². The van der Waals surface area contributed by atoms with Crippen molar-refractivity contribution < 1.29 is 14.0 Å². The maximum atomic E-state index is 12.8. The van der Waals surface area contributed by atoms with E-state index >= 15 is 0 Å². The highest BCUT2D eigenvalue weighted by atomic mass is 35.5. The monoisotopic (exact) mass is 228 g/mol. The van der Waals surface area contributed by atoms with Gasteiger partial charge in [0.1, 0.15) is 5.82 Å². The Labute approximate surface area is 92.0 Å². The molecule has 1 aromatic rings. The maximum absolute atomic E-state index is 12.8. The first-order valence-electron chi connectivity index (χ1n) is 4.58. The first kappa shape index (κ1) is 11.9. The average molecular weight is 229 g/mol. The fourth-order valence-corrected chi connectivity index (χ4v) is 1.32. The third-order valence-corrected chi connectivity index (χ3v) is 2.20. The van der Waals surface area contributed by atoms with E-state index in [2.05, 4.69) is 0 Å². The maximum Gasteiger partial charge on any atom is 0.228 e. The summed E-state index contributed by atoms with van der Waals surface area (Å²) in [4.78, 5) is 22.7. The minimum Gasteiger partial charge on any atom is -0.290 e. The van der Waals surface area contributed by atoms with Crippen LogP contribution in [0.4, 0.5) is 4.39 Å². The summed E-state index contributed by atoms with van der Waals surface area (Å²) in [6.07, 6.45) is 0.813. The second kappa shape index (κ2) is 5.03. The molecular weight excluding hydrogens is 219 g/mol. The Hall–Kier alpha value is -1.22. The number of ketones is 2. The molecule has 1 aromatic carbocycles. The molecule has 0 radical (unpaired) electrons. The van der Waals surface area contributed by atoms with Gasteiger partial charge in [0.2, 0.25) is 11.6 Å². The van der Waals surface area contributed by atoms with Crippen LogP contribution in [0.15, 0.2) is 18.2 Å². The van der Waals surface area contributed by atoms with Crippen molar-refractivity contribution in [2.75, 3.05) is 0 Å². The molecule has 1 rings (SSSR count). The molecule has 0 atom stereocenters. The predicted molar refractivity (Wildman–Crippen MR) is 55.7 cm³/mol. The van der Waals surface area contributed by atoms with Gasteiger partial charge in [0.15, 0.2) is 0 Å². The molecule has 15 heavy (non-hydrogen) atoms. The first-order chi connectivity index (χ1) is 7.06. The fraction of sp³-hybridized carbons (Fsp3) is 0.273. The topological polar surface area (TPSA) is 34.1 Å². The van der Waals surface area contributed by atoms with E-state index in [0.29, 0.717) is 6.42 Å². The van der Waals surface area contributed by atoms with Crippen molar-refractivity contribution in [1.29, 1.82) is 0 Å². The second-order valence-electron chi connectivity index (χ2n) is 3.13. The summed E-state index contributed by atoms with van der Waals surface area (Å²) in [5.74, 6) is -1.69. The molecule has 0 spiro atoms. The number of hydrogen-bond donors (Lipinski definition) is 0. The van der Waals surface area contributed by atoms with Gasteiger partial charge >= 0.3 is 0 Å². The van der Waals surface area contributed by atoms with Gasteiger partial charge < -0.3 is 0 Å². The summed E-state index contributed by atoms with van der Waals surface area (Å²) in [5.41, 5.74) is 0.139. The van der Waals surface area contributed by atoms with Crippen LogP contribution in [0.25, 0.3) is 0 Å². The van der Waals surface area contributed by atoms with Gasteiger partial charge in [0.05, 0.1) is 5.02 Å². The van der Waals surface area contributed by atoms with E-state index in [1.54, 1.807) is 0 Å². The van der Waals surface area contributed by atoms with Crippen molar-refractivity contribution in [3.63, 3.8) is 0 Å². The Morgan fingerprint density at radius 2 is 2.07 bits per heavy atom. The highest BCUT2D eigenvalue weighted by Gasteiger charge is 2.16. The zero-order valence-corrected chi connectivity index (χ0v) is 8.97. The Balaban J connectivity index is 2.92. The van der Waals surface area contributed by atoms with Crippen LogP contribution in [0.5, 0.6) is 0 Å². The number of halogens is 2. The summed E-state index contributed by atoms with van der Waals surface area (Å²) >= 11 is 5.50. The van der Waals surface area contributed by atoms with Crippen LogP contribution in [0.2, 0.25) is 5.02 Å². The zero-order chi connectivity index (χ0) is 11.4. The SMILES string of the molecule is CCCC(=O)C(=O)c1ccc(F)c(Cl)c1. The quantitative estimate of drug-likeness (QED) is 0.586. The highest BCUT2D eigenvalue weighted by Crippen LogP contribution is 2.16. The summed E-state index contributed by atoms with van der Waals surface area (Å²) < 4.78 is 12.8. The number of hydrogen-bond acceptors (Lipinski definition) is 2. The van der Waals surface area contributed by atoms with Gasteiger partial charge in [0.25, 0.3) is 0 Å². The van der Waals surface area contributed by atoms with E-state index < -0.39 is 17.4 Å². The molecule has 80 valence electrons. The molecule has 0 saturated heterocycles. The van der Waals surface area contributed by atoms with Crippen molar-refractivity contribution in [2.24, 2.45) is 0 Å². The number of rotatable bonds is 4. The molecule has 0 amide bonds. The lowest BCUT2D eigenvalue weighted by molar-refractivity contribution is -0.115. The van der Waals surface area contributed by atoms with Gasteiger partial charge in [-0.05, 0) is 24.6 Å². The van der Waals surface area contributed by atoms with Gasteiger partial charge in [-0.3, -0.25) is 9.59 Å². The molecule has 0 unspecified atom stereocenters. The van der Waals surface area contributed by atoms with Crippen LogP contribution in [-0.4, -0.2) is 11.6 Å². The highest BCUT2D eigenvalue weighted by molar-refractivity contribution is 6.44. The van der Waals surface area contributed by atoms with E-state index in [1.165, 1.54) is 12.1 Å². The lowest BCUT2D eigenvalue weighted by Gasteiger charge is -2.00. The van der Waals surface area contributed by atoms with E-state index in [0.717, 1.165) is 6.07 Å². The van der Waals surface area contributed by atoms with Gasteiger partial charge in [-0.15, -0.1) is 0 Å². The number of Topliss-reactive ketones (excluding diaryl/α,β-unsaturated/α-hetero) is 2. The average Bonchev–Trinajstić information content (AvgIpc) is 2.21. The van der Waals surface area contributed by atoms with Crippen molar-refractivity contribution in [3.8, 4) is 0 Å². The Bertz CT molecular complexity index is 402. The first-order valence-corrected chi connectivity index (χ1v) is 4.96. The van der Waals surface area contributed by atoms with Gasteiger partial charge in [-0.2, -0.15) is 0 Å². The van der Waals surface area contributed by atoms with Crippen LogP contribution in [0.1, 0.15) is 30.1 Å². The molecule has 0 aliphatic carbocycles. The van der Waals surface area contributed by atoms with Crippen LogP contribution < -0.4 is 0 Å². The predicted octanol–water partition coefficient (Wildman–Crippen LogP) is 3.03. The largest absolute Gasteiger partial charge is 0.290 e. The van der Waals surface area contributed by atoms with Crippen LogP contribution >= 0.6 is 11.6 Å². The molecule has 0 heterocycles. The minimum absolute atomic E-state index is 0.139. The Kier molecular flexibility index (Phi) is 3.97. The fourth-order valence-electron chi connectivity index (χ4n) is 1.14. The number of benzene rings is 1. The summed E-state index contributed by atoms with van der Waals surface area (Å²) in [7, 11) is 0. The summed E-state index contributed by atoms with van der Waals surface area (Å²) in [6, 6.07) is 3.51. The van der Waals surface area contributed by atoms with Gasteiger partial charge in [0, 0.05) is 12.0 Å². The molecule has 2 nitrogen and oxygen atoms in total. The molecule has 0 N–H and O–H groups in total. The zero-order valence-electron chi connectivity index (χ0n) is 8.22. The van der Waals surface area contributed by atoms with Crippen LogP contribution in [-0.2, 0) is 4.79 Å². The summed E-state index contributed by atoms with van der Waals surface area (Å²) in [6.45, 7) is 1.81. The molecule has 0 aliphatic heterocycles. The van der Waals surface area contributed by atoms with Crippen molar-refractivity contribution in [3.05, 3.63) is 34.6 Å². The number of carbonyl (C=O) groups is 2. The summed E-state index contributed by atoms with van der Waals surface area (Å²) in [5, 5.41) is -0.148. The van der Waals surface area contributed by atoms with Gasteiger partial charge in [-0.1, -0.05) is 18.5 Å². The van der Waals surface area contributed by atoms with E-state index in [9.17, 15) is 14.0 Å².